The fourth-order valence-corrected chi connectivity index (χ4v) is 2.12. The first kappa shape index (κ1) is 12.9. The summed E-state index contributed by atoms with van der Waals surface area (Å²) in [4.78, 5) is 0. The molecule has 3 heteroatoms. The molecule has 0 fully saturated rings. The van der Waals surface area contributed by atoms with E-state index in [1.54, 1.807) is 12.1 Å². The van der Waals surface area contributed by atoms with Crippen LogP contribution in [0.15, 0.2) is 36.4 Å². The molecule has 0 aromatic heterocycles. The van der Waals surface area contributed by atoms with Gasteiger partial charge in [-0.3, -0.25) is 0 Å². The minimum absolute atomic E-state index is 0.286. The number of benzene rings is 2. The molecule has 0 unspecified atom stereocenters. The number of halogens is 2. The van der Waals surface area contributed by atoms with Crippen LogP contribution >= 0.6 is 11.6 Å². The fourth-order valence-electron chi connectivity index (χ4n) is 1.94. The Balaban J connectivity index is 2.19. The third-order valence-corrected chi connectivity index (χ3v) is 3.26. The van der Waals surface area contributed by atoms with Crippen LogP contribution in [0, 0.1) is 19.7 Å². The lowest BCUT2D eigenvalue weighted by Gasteiger charge is -2.12. The maximum atomic E-state index is 13.6. The molecule has 0 radical (unpaired) electrons. The number of rotatable bonds is 3. The summed E-state index contributed by atoms with van der Waals surface area (Å²) in [6.07, 6.45) is 0. The number of hydrogen-bond acceptors (Lipinski definition) is 1. The lowest BCUT2D eigenvalue weighted by molar-refractivity contribution is 0.630. The molecular formula is C15H15ClFN. The predicted octanol–water partition coefficient (Wildman–Crippen LogP) is 4.71. The maximum absolute atomic E-state index is 13.6. The Morgan fingerprint density at radius 2 is 1.78 bits per heavy atom. The third kappa shape index (κ3) is 2.82. The molecule has 0 atom stereocenters. The van der Waals surface area contributed by atoms with E-state index in [0.717, 1.165) is 0 Å². The number of nitrogens with one attached hydrogen (secondary N) is 1. The Labute approximate surface area is 112 Å². The van der Waals surface area contributed by atoms with Crippen LogP contribution in [0.1, 0.15) is 16.7 Å². The van der Waals surface area contributed by atoms with Crippen molar-refractivity contribution < 1.29 is 4.39 Å². The molecule has 1 N–H and O–H groups in total. The average Bonchev–Trinajstić information content (AvgIpc) is 2.33. The lowest BCUT2D eigenvalue weighted by Crippen LogP contribution is -2.04. The summed E-state index contributed by atoms with van der Waals surface area (Å²) in [5.41, 5.74) is 4.02. The van der Waals surface area contributed by atoms with Gasteiger partial charge in [-0.25, -0.2) is 4.39 Å². The minimum Gasteiger partial charge on any atom is -0.379 e. The molecule has 0 amide bonds. The summed E-state index contributed by atoms with van der Waals surface area (Å²) in [6.45, 7) is 4.70. The molecule has 0 bridgehead atoms. The Hall–Kier alpha value is -1.54. The van der Waals surface area contributed by atoms with Gasteiger partial charge in [0.15, 0.2) is 0 Å². The van der Waals surface area contributed by atoms with Crippen molar-refractivity contribution in [1.82, 2.24) is 0 Å². The van der Waals surface area contributed by atoms with Gasteiger partial charge in [0.2, 0.25) is 0 Å². The Morgan fingerprint density at radius 1 is 1.11 bits per heavy atom. The Kier molecular flexibility index (Phi) is 3.87. The molecule has 2 aromatic carbocycles. The first-order valence-corrected chi connectivity index (χ1v) is 6.20. The van der Waals surface area contributed by atoms with Crippen LogP contribution in [0.3, 0.4) is 0 Å². The van der Waals surface area contributed by atoms with E-state index in [2.05, 4.69) is 31.3 Å². The highest BCUT2D eigenvalue weighted by Crippen LogP contribution is 2.21. The molecule has 0 aliphatic heterocycles. The van der Waals surface area contributed by atoms with E-state index in [1.807, 2.05) is 6.07 Å². The van der Waals surface area contributed by atoms with E-state index < -0.39 is 0 Å². The topological polar surface area (TPSA) is 12.0 Å². The van der Waals surface area contributed by atoms with Gasteiger partial charge in [0, 0.05) is 11.6 Å². The maximum Gasteiger partial charge on any atom is 0.146 e. The first-order chi connectivity index (χ1) is 8.58. The van der Waals surface area contributed by atoms with Gasteiger partial charge < -0.3 is 5.32 Å². The van der Waals surface area contributed by atoms with Crippen molar-refractivity contribution in [3.05, 3.63) is 63.9 Å². The van der Waals surface area contributed by atoms with Crippen molar-refractivity contribution in [3.63, 3.8) is 0 Å². The van der Waals surface area contributed by atoms with Gasteiger partial charge in [0.25, 0.3) is 0 Å². The molecule has 1 nitrogen and oxygen atoms in total. The van der Waals surface area contributed by atoms with Gasteiger partial charge in [-0.1, -0.05) is 29.8 Å². The summed E-state index contributed by atoms with van der Waals surface area (Å²) >= 11 is 5.85. The normalized spacial score (nSPS) is 10.4. The van der Waals surface area contributed by atoms with Gasteiger partial charge in [-0.05, 0) is 48.7 Å². The second-order valence-electron chi connectivity index (χ2n) is 4.35. The second-order valence-corrected chi connectivity index (χ2v) is 4.78. The zero-order valence-electron chi connectivity index (χ0n) is 10.4. The minimum atomic E-state index is -0.286. The average molecular weight is 264 g/mol. The zero-order chi connectivity index (χ0) is 13.1. The number of anilines is 1. The third-order valence-electron chi connectivity index (χ3n) is 3.03. The van der Waals surface area contributed by atoms with Crippen LogP contribution in [0.4, 0.5) is 10.1 Å². The van der Waals surface area contributed by atoms with Crippen LogP contribution in [0.25, 0.3) is 0 Å². The summed E-state index contributed by atoms with van der Waals surface area (Å²) in [6, 6.07) is 10.6. The van der Waals surface area contributed by atoms with E-state index in [1.165, 1.54) is 22.8 Å². The monoisotopic (exact) mass is 263 g/mol. The largest absolute Gasteiger partial charge is 0.379 e. The molecule has 2 rings (SSSR count). The lowest BCUT2D eigenvalue weighted by atomic mass is 10.0. The van der Waals surface area contributed by atoms with E-state index in [9.17, 15) is 4.39 Å². The van der Waals surface area contributed by atoms with Crippen LogP contribution in [0.5, 0.6) is 0 Å². The van der Waals surface area contributed by atoms with Crippen LogP contribution in [-0.2, 0) is 6.54 Å². The SMILES string of the molecule is Cc1cccc(C)c1CNc1cc(Cl)ccc1F. The van der Waals surface area contributed by atoms with Crippen molar-refractivity contribution in [2.45, 2.75) is 20.4 Å². The summed E-state index contributed by atoms with van der Waals surface area (Å²) in [5, 5.41) is 3.62. The molecule has 0 aliphatic carbocycles. The highest BCUT2D eigenvalue weighted by atomic mass is 35.5. The van der Waals surface area contributed by atoms with Crippen LogP contribution < -0.4 is 5.32 Å². The summed E-state index contributed by atoms with van der Waals surface area (Å²) < 4.78 is 13.6. The number of hydrogen-bond donors (Lipinski definition) is 1. The van der Waals surface area contributed by atoms with Crippen molar-refractivity contribution in [2.75, 3.05) is 5.32 Å². The van der Waals surface area contributed by atoms with E-state index >= 15 is 0 Å². The Bertz CT molecular complexity index is 546. The van der Waals surface area contributed by atoms with E-state index in [4.69, 9.17) is 11.6 Å². The van der Waals surface area contributed by atoms with Crippen LogP contribution in [-0.4, -0.2) is 0 Å². The van der Waals surface area contributed by atoms with Crippen molar-refractivity contribution in [1.29, 1.82) is 0 Å². The molecule has 0 saturated heterocycles. The van der Waals surface area contributed by atoms with E-state index in [-0.39, 0.29) is 5.82 Å². The Morgan fingerprint density at radius 3 is 2.44 bits per heavy atom. The molecule has 0 aliphatic rings. The van der Waals surface area contributed by atoms with Crippen molar-refractivity contribution in [3.8, 4) is 0 Å². The molecule has 0 saturated carbocycles. The molecule has 0 heterocycles. The first-order valence-electron chi connectivity index (χ1n) is 5.82. The smallest absolute Gasteiger partial charge is 0.146 e. The van der Waals surface area contributed by atoms with Crippen molar-refractivity contribution in [2.24, 2.45) is 0 Å². The molecular weight excluding hydrogens is 249 g/mol. The van der Waals surface area contributed by atoms with Gasteiger partial charge >= 0.3 is 0 Å². The molecule has 18 heavy (non-hydrogen) atoms. The van der Waals surface area contributed by atoms with Crippen molar-refractivity contribution >= 4 is 17.3 Å². The fraction of sp³-hybridized carbons (Fsp3) is 0.200. The standard InChI is InChI=1S/C15H15ClFN/c1-10-4-3-5-11(2)13(10)9-18-15-8-12(16)6-7-14(15)17/h3-8,18H,9H2,1-2H3. The molecule has 0 spiro atoms. The zero-order valence-corrected chi connectivity index (χ0v) is 11.2. The molecule has 2 aromatic rings. The van der Waals surface area contributed by atoms with Gasteiger partial charge in [0.05, 0.1) is 5.69 Å². The second kappa shape index (κ2) is 5.40. The van der Waals surface area contributed by atoms with E-state index in [0.29, 0.717) is 17.3 Å². The van der Waals surface area contributed by atoms with Gasteiger partial charge in [0.1, 0.15) is 5.82 Å². The van der Waals surface area contributed by atoms with Crippen LogP contribution in [0.2, 0.25) is 5.02 Å². The number of aryl methyl sites for hydroxylation is 2. The van der Waals surface area contributed by atoms with Gasteiger partial charge in [-0.15, -0.1) is 0 Å². The van der Waals surface area contributed by atoms with Gasteiger partial charge in [-0.2, -0.15) is 0 Å². The summed E-state index contributed by atoms with van der Waals surface area (Å²) in [7, 11) is 0. The predicted molar refractivity (Wildman–Crippen MR) is 74.7 cm³/mol. The molecule has 94 valence electrons. The highest BCUT2D eigenvalue weighted by Gasteiger charge is 2.05. The highest BCUT2D eigenvalue weighted by molar-refractivity contribution is 6.30. The summed E-state index contributed by atoms with van der Waals surface area (Å²) in [5.74, 6) is -0.286. The quantitative estimate of drug-likeness (QED) is 0.846.